The van der Waals surface area contributed by atoms with Crippen molar-refractivity contribution in [3.8, 4) is 17.2 Å². The fourth-order valence-electron chi connectivity index (χ4n) is 3.54. The predicted molar refractivity (Wildman–Crippen MR) is 143 cm³/mol. The minimum atomic E-state index is -0.108. The standard InChI is InChI=1S/C28H30N4O3S/c1-4-21-8-10-22(11-9-21)29-27(33)19-36-28-31-30-26(18-35-25-14-6-20(3)7-15-25)32(28)23-12-16-24(17-13-23)34-5-2/h6-17H,4-5,18-19H2,1-3H3,(H,29,33). The van der Waals surface area contributed by atoms with Gasteiger partial charge in [0.2, 0.25) is 5.91 Å². The first-order valence-corrected chi connectivity index (χ1v) is 12.9. The molecule has 0 aliphatic heterocycles. The Bertz CT molecular complexity index is 1270. The van der Waals surface area contributed by atoms with E-state index in [9.17, 15) is 4.79 Å². The Morgan fingerprint density at radius 2 is 1.56 bits per heavy atom. The average molecular weight is 503 g/mol. The summed E-state index contributed by atoms with van der Waals surface area (Å²) >= 11 is 1.33. The second-order valence-electron chi connectivity index (χ2n) is 8.15. The summed E-state index contributed by atoms with van der Waals surface area (Å²) in [5.41, 5.74) is 4.03. The first-order chi connectivity index (χ1) is 17.6. The summed E-state index contributed by atoms with van der Waals surface area (Å²) in [6, 6.07) is 23.5. The molecule has 4 aromatic rings. The molecule has 0 unspecified atom stereocenters. The van der Waals surface area contributed by atoms with E-state index in [1.165, 1.54) is 17.3 Å². The number of anilines is 1. The maximum absolute atomic E-state index is 12.6. The molecule has 8 heteroatoms. The molecule has 1 amide bonds. The zero-order chi connectivity index (χ0) is 25.3. The predicted octanol–water partition coefficient (Wildman–Crippen LogP) is 5.85. The van der Waals surface area contributed by atoms with Crippen LogP contribution >= 0.6 is 11.8 Å². The van der Waals surface area contributed by atoms with Crippen LogP contribution in [0.5, 0.6) is 11.5 Å². The monoisotopic (exact) mass is 502 g/mol. The van der Waals surface area contributed by atoms with E-state index in [0.717, 1.165) is 34.9 Å². The second-order valence-corrected chi connectivity index (χ2v) is 9.09. The molecule has 0 atom stereocenters. The molecule has 7 nitrogen and oxygen atoms in total. The molecule has 0 spiro atoms. The molecule has 1 N–H and O–H groups in total. The summed E-state index contributed by atoms with van der Waals surface area (Å²) in [5.74, 6) is 2.27. The Morgan fingerprint density at radius 3 is 2.22 bits per heavy atom. The van der Waals surface area contributed by atoms with Crippen LogP contribution in [0.15, 0.2) is 78.0 Å². The quantitative estimate of drug-likeness (QED) is 0.259. The highest BCUT2D eigenvalue weighted by molar-refractivity contribution is 7.99. The number of amides is 1. The molecule has 4 rings (SSSR count). The minimum absolute atomic E-state index is 0.108. The summed E-state index contributed by atoms with van der Waals surface area (Å²) in [4.78, 5) is 12.6. The van der Waals surface area contributed by atoms with Gasteiger partial charge in [0, 0.05) is 11.4 Å². The maximum Gasteiger partial charge on any atom is 0.234 e. The molecular formula is C28H30N4O3S. The molecule has 0 saturated carbocycles. The van der Waals surface area contributed by atoms with Crippen molar-refractivity contribution < 1.29 is 14.3 Å². The highest BCUT2D eigenvalue weighted by Gasteiger charge is 2.17. The zero-order valence-corrected chi connectivity index (χ0v) is 21.5. The summed E-state index contributed by atoms with van der Waals surface area (Å²) in [7, 11) is 0. The number of benzene rings is 3. The van der Waals surface area contributed by atoms with Crippen LogP contribution in [0.3, 0.4) is 0 Å². The number of ether oxygens (including phenoxy) is 2. The molecule has 1 aromatic heterocycles. The molecule has 0 bridgehead atoms. The van der Waals surface area contributed by atoms with Crippen LogP contribution in [-0.4, -0.2) is 33.0 Å². The van der Waals surface area contributed by atoms with Gasteiger partial charge in [0.1, 0.15) is 18.1 Å². The van der Waals surface area contributed by atoms with E-state index in [-0.39, 0.29) is 18.3 Å². The zero-order valence-electron chi connectivity index (χ0n) is 20.7. The van der Waals surface area contributed by atoms with Gasteiger partial charge >= 0.3 is 0 Å². The second kappa shape index (κ2) is 12.3. The fraction of sp³-hybridized carbons (Fsp3) is 0.250. The lowest BCUT2D eigenvalue weighted by atomic mass is 10.1. The Hall–Kier alpha value is -3.78. The van der Waals surface area contributed by atoms with E-state index in [1.807, 2.05) is 91.2 Å². The number of carbonyl (C=O) groups is 1. The summed E-state index contributed by atoms with van der Waals surface area (Å²) in [6.45, 7) is 6.92. The van der Waals surface area contributed by atoms with Gasteiger partial charge in [-0.1, -0.05) is 48.5 Å². The summed E-state index contributed by atoms with van der Waals surface area (Å²) < 4.78 is 13.5. The van der Waals surface area contributed by atoms with Crippen molar-refractivity contribution in [2.24, 2.45) is 0 Å². The van der Waals surface area contributed by atoms with Crippen LogP contribution in [0.2, 0.25) is 0 Å². The maximum atomic E-state index is 12.6. The number of hydrogen-bond donors (Lipinski definition) is 1. The van der Waals surface area contributed by atoms with Gasteiger partial charge in [-0.25, -0.2) is 0 Å². The topological polar surface area (TPSA) is 78.3 Å². The third kappa shape index (κ3) is 6.66. The van der Waals surface area contributed by atoms with Crippen molar-refractivity contribution in [1.29, 1.82) is 0 Å². The van der Waals surface area contributed by atoms with Gasteiger partial charge in [-0.2, -0.15) is 0 Å². The highest BCUT2D eigenvalue weighted by atomic mass is 32.2. The Morgan fingerprint density at radius 1 is 0.889 bits per heavy atom. The lowest BCUT2D eigenvalue weighted by Gasteiger charge is -2.12. The lowest BCUT2D eigenvalue weighted by molar-refractivity contribution is -0.113. The Labute approximate surface area is 215 Å². The molecule has 3 aromatic carbocycles. The van der Waals surface area contributed by atoms with E-state index in [0.29, 0.717) is 17.6 Å². The van der Waals surface area contributed by atoms with E-state index >= 15 is 0 Å². The average Bonchev–Trinajstić information content (AvgIpc) is 3.31. The van der Waals surface area contributed by atoms with E-state index in [4.69, 9.17) is 9.47 Å². The van der Waals surface area contributed by atoms with Crippen LogP contribution in [0.4, 0.5) is 5.69 Å². The molecule has 36 heavy (non-hydrogen) atoms. The minimum Gasteiger partial charge on any atom is -0.494 e. The van der Waals surface area contributed by atoms with Crippen LogP contribution in [0.25, 0.3) is 5.69 Å². The Balaban J connectivity index is 1.50. The van der Waals surface area contributed by atoms with Gasteiger partial charge in [-0.3, -0.25) is 9.36 Å². The summed E-state index contributed by atoms with van der Waals surface area (Å²) in [5, 5.41) is 12.3. The van der Waals surface area contributed by atoms with Gasteiger partial charge in [-0.05, 0) is 74.4 Å². The SMILES string of the molecule is CCOc1ccc(-n2c(COc3ccc(C)cc3)nnc2SCC(=O)Nc2ccc(CC)cc2)cc1. The third-order valence-corrected chi connectivity index (χ3v) is 6.40. The van der Waals surface area contributed by atoms with Crippen molar-refractivity contribution in [1.82, 2.24) is 14.8 Å². The third-order valence-electron chi connectivity index (χ3n) is 5.47. The highest BCUT2D eigenvalue weighted by Crippen LogP contribution is 2.25. The van der Waals surface area contributed by atoms with Crippen LogP contribution in [0.1, 0.15) is 30.8 Å². The van der Waals surface area contributed by atoms with Crippen molar-refractivity contribution >= 4 is 23.4 Å². The van der Waals surface area contributed by atoms with Gasteiger partial charge in [0.15, 0.2) is 11.0 Å². The fourth-order valence-corrected chi connectivity index (χ4v) is 4.31. The molecule has 0 radical (unpaired) electrons. The van der Waals surface area contributed by atoms with Crippen molar-refractivity contribution in [3.63, 3.8) is 0 Å². The molecule has 1 heterocycles. The van der Waals surface area contributed by atoms with Crippen molar-refractivity contribution in [3.05, 3.63) is 89.7 Å². The van der Waals surface area contributed by atoms with Crippen molar-refractivity contribution in [2.45, 2.75) is 39.0 Å². The van der Waals surface area contributed by atoms with Gasteiger partial charge in [0.25, 0.3) is 0 Å². The summed E-state index contributed by atoms with van der Waals surface area (Å²) in [6.07, 6.45) is 0.960. The van der Waals surface area contributed by atoms with E-state index in [2.05, 4.69) is 22.4 Å². The van der Waals surface area contributed by atoms with Crippen LogP contribution < -0.4 is 14.8 Å². The van der Waals surface area contributed by atoms with Crippen molar-refractivity contribution in [2.75, 3.05) is 17.7 Å². The number of aromatic nitrogens is 3. The number of rotatable bonds is 11. The van der Waals surface area contributed by atoms with Gasteiger partial charge in [0.05, 0.1) is 12.4 Å². The molecular weight excluding hydrogens is 472 g/mol. The molecule has 0 fully saturated rings. The Kier molecular flexibility index (Phi) is 8.62. The smallest absolute Gasteiger partial charge is 0.234 e. The van der Waals surface area contributed by atoms with E-state index in [1.54, 1.807) is 0 Å². The first kappa shape index (κ1) is 25.3. The number of carbonyl (C=O) groups excluding carboxylic acids is 1. The number of aryl methyl sites for hydroxylation is 2. The largest absolute Gasteiger partial charge is 0.494 e. The van der Waals surface area contributed by atoms with E-state index < -0.39 is 0 Å². The lowest BCUT2D eigenvalue weighted by Crippen LogP contribution is -2.14. The van der Waals surface area contributed by atoms with Gasteiger partial charge in [-0.15, -0.1) is 10.2 Å². The number of hydrogen-bond acceptors (Lipinski definition) is 6. The molecule has 0 aliphatic rings. The number of nitrogens with one attached hydrogen (secondary N) is 1. The normalized spacial score (nSPS) is 10.8. The number of thioether (sulfide) groups is 1. The molecule has 186 valence electrons. The molecule has 0 saturated heterocycles. The number of nitrogens with zero attached hydrogens (tertiary/aromatic N) is 3. The van der Waals surface area contributed by atoms with Gasteiger partial charge < -0.3 is 14.8 Å². The first-order valence-electron chi connectivity index (χ1n) is 11.9. The van der Waals surface area contributed by atoms with Crippen LogP contribution in [0, 0.1) is 6.92 Å². The molecule has 0 aliphatic carbocycles. The van der Waals surface area contributed by atoms with Crippen LogP contribution in [-0.2, 0) is 17.8 Å².